The van der Waals surface area contributed by atoms with Crippen LogP contribution in [0.25, 0.3) is 0 Å². The van der Waals surface area contributed by atoms with Crippen LogP contribution >= 0.6 is 0 Å². The molecule has 0 saturated carbocycles. The molecule has 0 bridgehead atoms. The van der Waals surface area contributed by atoms with Crippen LogP contribution in [0.3, 0.4) is 0 Å². The zero-order chi connectivity index (χ0) is 13.8. The summed E-state index contributed by atoms with van der Waals surface area (Å²) >= 11 is 0. The van der Waals surface area contributed by atoms with Gasteiger partial charge in [-0.15, -0.1) is 0 Å². The van der Waals surface area contributed by atoms with Crippen molar-refractivity contribution in [3.8, 4) is 5.95 Å². The van der Waals surface area contributed by atoms with Crippen molar-refractivity contribution in [3.63, 3.8) is 0 Å². The number of methoxy groups -OCH3 is 1. The van der Waals surface area contributed by atoms with Crippen molar-refractivity contribution in [2.24, 2.45) is 0 Å². The van der Waals surface area contributed by atoms with Gasteiger partial charge in [-0.25, -0.2) is 0 Å². The van der Waals surface area contributed by atoms with Crippen LogP contribution < -0.4 is 4.74 Å². The highest BCUT2D eigenvalue weighted by Crippen LogP contribution is 2.22. The number of amides is 1. The molecule has 100 valence electrons. The number of ether oxygens (including phenoxy) is 1. The molecule has 2 aromatic rings. The number of carbonyl (C=O) groups is 1. The summed E-state index contributed by atoms with van der Waals surface area (Å²) in [6.45, 7) is 1.95. The van der Waals surface area contributed by atoms with Gasteiger partial charge in [-0.1, -0.05) is 0 Å². The van der Waals surface area contributed by atoms with Gasteiger partial charge in [-0.2, -0.15) is 0 Å². The fourth-order valence-corrected chi connectivity index (χ4v) is 1.76. The first-order valence-corrected chi connectivity index (χ1v) is 5.94. The molecule has 0 fully saturated rings. The summed E-state index contributed by atoms with van der Waals surface area (Å²) in [5, 5.41) is 0. The molecule has 19 heavy (non-hydrogen) atoms. The maximum atomic E-state index is 12.2. The summed E-state index contributed by atoms with van der Waals surface area (Å²) in [6, 6.07) is 6.94. The molecule has 1 amide bonds. The van der Waals surface area contributed by atoms with E-state index < -0.39 is 0 Å². The molecule has 0 aliphatic carbocycles. The molecule has 0 radical (unpaired) electrons. The number of nitrogens with zero attached hydrogens (tertiary/aromatic N) is 2. The number of aromatic nitrogens is 1. The first-order chi connectivity index (χ1) is 9.13. The van der Waals surface area contributed by atoms with Crippen molar-refractivity contribution in [1.82, 2.24) is 9.88 Å². The van der Waals surface area contributed by atoms with Crippen molar-refractivity contribution in [2.75, 3.05) is 14.2 Å². The molecule has 0 saturated heterocycles. The Labute approximate surface area is 111 Å². The van der Waals surface area contributed by atoms with E-state index in [-0.39, 0.29) is 17.7 Å². The van der Waals surface area contributed by atoms with E-state index in [0.29, 0.717) is 5.95 Å². The van der Waals surface area contributed by atoms with Gasteiger partial charge in [-0.05, 0) is 30.7 Å². The quantitative estimate of drug-likeness (QED) is 0.847. The van der Waals surface area contributed by atoms with E-state index in [1.54, 1.807) is 36.5 Å². The fraction of sp³-hybridized carbons (Fsp3) is 0.286. The number of pyridine rings is 1. The maximum Gasteiger partial charge on any atom is 0.289 e. The summed E-state index contributed by atoms with van der Waals surface area (Å²) in [6.07, 6.45) is 3.42. The predicted molar refractivity (Wildman–Crippen MR) is 70.0 cm³/mol. The van der Waals surface area contributed by atoms with Crippen LogP contribution in [-0.4, -0.2) is 29.9 Å². The van der Waals surface area contributed by atoms with Crippen LogP contribution in [0.5, 0.6) is 5.95 Å². The molecule has 1 atom stereocenters. The average molecular weight is 260 g/mol. The van der Waals surface area contributed by atoms with E-state index in [2.05, 4.69) is 4.98 Å². The first kappa shape index (κ1) is 13.1. The Hall–Kier alpha value is -2.30. The zero-order valence-corrected chi connectivity index (χ0v) is 11.2. The predicted octanol–water partition coefficient (Wildman–Crippen LogP) is 2.52. The SMILES string of the molecule is COc1ccc(C(=O)N(C)[C@H](C)c2ccncc2)o1. The number of carbonyl (C=O) groups excluding carboxylic acids is 1. The second-order valence-electron chi connectivity index (χ2n) is 4.20. The molecular weight excluding hydrogens is 244 g/mol. The molecule has 2 heterocycles. The van der Waals surface area contributed by atoms with Crippen LogP contribution in [0, 0.1) is 0 Å². The molecule has 0 aliphatic rings. The Morgan fingerprint density at radius 1 is 1.32 bits per heavy atom. The van der Waals surface area contributed by atoms with Crippen molar-refractivity contribution in [2.45, 2.75) is 13.0 Å². The highest BCUT2D eigenvalue weighted by Gasteiger charge is 2.21. The van der Waals surface area contributed by atoms with Crippen LogP contribution in [0.15, 0.2) is 41.1 Å². The number of hydrogen-bond acceptors (Lipinski definition) is 4. The van der Waals surface area contributed by atoms with Gasteiger partial charge in [0.1, 0.15) is 0 Å². The summed E-state index contributed by atoms with van der Waals surface area (Å²) in [4.78, 5) is 17.8. The molecule has 5 heteroatoms. The van der Waals surface area contributed by atoms with Gasteiger partial charge in [0, 0.05) is 25.5 Å². The molecule has 5 nitrogen and oxygen atoms in total. The lowest BCUT2D eigenvalue weighted by Gasteiger charge is -2.24. The Kier molecular flexibility index (Phi) is 3.85. The smallest absolute Gasteiger partial charge is 0.289 e. The molecule has 0 spiro atoms. The Balaban J connectivity index is 2.15. The number of hydrogen-bond donors (Lipinski definition) is 0. The molecule has 0 N–H and O–H groups in total. The lowest BCUT2D eigenvalue weighted by molar-refractivity contribution is 0.0704. The number of furan rings is 1. The third kappa shape index (κ3) is 2.76. The van der Waals surface area contributed by atoms with E-state index in [9.17, 15) is 4.79 Å². The summed E-state index contributed by atoms with van der Waals surface area (Å²) in [7, 11) is 3.23. The van der Waals surface area contributed by atoms with Gasteiger partial charge in [0.2, 0.25) is 0 Å². The molecule has 2 rings (SSSR count). The minimum atomic E-state index is -0.187. The van der Waals surface area contributed by atoms with Crippen LogP contribution in [0.1, 0.15) is 29.1 Å². The first-order valence-electron chi connectivity index (χ1n) is 5.94. The standard InChI is InChI=1S/C14H16N2O3/c1-10(11-6-8-15-9-7-11)16(2)14(17)12-4-5-13(18-3)19-12/h4-10H,1-3H3/t10-/m1/s1. The topological polar surface area (TPSA) is 55.6 Å². The fourth-order valence-electron chi connectivity index (χ4n) is 1.76. The zero-order valence-electron chi connectivity index (χ0n) is 11.2. The van der Waals surface area contributed by atoms with Crippen molar-refractivity contribution >= 4 is 5.91 Å². The minimum absolute atomic E-state index is 0.0633. The summed E-state index contributed by atoms with van der Waals surface area (Å²) in [5.41, 5.74) is 1.02. The Morgan fingerprint density at radius 3 is 2.58 bits per heavy atom. The summed E-state index contributed by atoms with van der Waals surface area (Å²) in [5.74, 6) is 0.404. The van der Waals surface area contributed by atoms with E-state index >= 15 is 0 Å². The Bertz CT molecular complexity index is 551. The van der Waals surface area contributed by atoms with Crippen molar-refractivity contribution in [3.05, 3.63) is 48.0 Å². The third-order valence-corrected chi connectivity index (χ3v) is 3.08. The monoisotopic (exact) mass is 260 g/mol. The molecule has 0 unspecified atom stereocenters. The summed E-state index contributed by atoms with van der Waals surface area (Å²) < 4.78 is 10.2. The normalized spacial score (nSPS) is 11.9. The van der Waals surface area contributed by atoms with E-state index in [1.165, 1.54) is 7.11 Å². The van der Waals surface area contributed by atoms with Crippen LogP contribution in [0.2, 0.25) is 0 Å². The van der Waals surface area contributed by atoms with Crippen molar-refractivity contribution in [1.29, 1.82) is 0 Å². The average Bonchev–Trinajstić information content (AvgIpc) is 2.94. The third-order valence-electron chi connectivity index (χ3n) is 3.08. The molecule has 0 aliphatic heterocycles. The Morgan fingerprint density at radius 2 is 2.00 bits per heavy atom. The van der Waals surface area contributed by atoms with Crippen LogP contribution in [-0.2, 0) is 0 Å². The van der Waals surface area contributed by atoms with Crippen LogP contribution in [0.4, 0.5) is 0 Å². The highest BCUT2D eigenvalue weighted by atomic mass is 16.6. The molecule has 0 aromatic carbocycles. The largest absolute Gasteiger partial charge is 0.468 e. The second-order valence-corrected chi connectivity index (χ2v) is 4.20. The van der Waals surface area contributed by atoms with Gasteiger partial charge in [0.25, 0.3) is 11.9 Å². The van der Waals surface area contributed by atoms with E-state index in [0.717, 1.165) is 5.56 Å². The lowest BCUT2D eigenvalue weighted by atomic mass is 10.1. The maximum absolute atomic E-state index is 12.2. The van der Waals surface area contributed by atoms with Crippen molar-refractivity contribution < 1.29 is 13.9 Å². The van der Waals surface area contributed by atoms with Gasteiger partial charge in [0.05, 0.1) is 13.2 Å². The lowest BCUT2D eigenvalue weighted by Crippen LogP contribution is -2.29. The van der Waals surface area contributed by atoms with E-state index in [1.807, 2.05) is 19.1 Å². The molecule has 2 aromatic heterocycles. The van der Waals surface area contributed by atoms with E-state index in [4.69, 9.17) is 9.15 Å². The second kappa shape index (κ2) is 5.56. The van der Waals surface area contributed by atoms with Gasteiger partial charge in [0.15, 0.2) is 5.76 Å². The highest BCUT2D eigenvalue weighted by molar-refractivity contribution is 5.91. The minimum Gasteiger partial charge on any atom is -0.468 e. The van der Waals surface area contributed by atoms with Gasteiger partial charge in [-0.3, -0.25) is 9.78 Å². The number of rotatable bonds is 4. The van der Waals surface area contributed by atoms with Gasteiger partial charge >= 0.3 is 0 Å². The van der Waals surface area contributed by atoms with Gasteiger partial charge < -0.3 is 14.1 Å². The molecular formula is C14H16N2O3.